The van der Waals surface area contributed by atoms with Gasteiger partial charge in [0.15, 0.2) is 0 Å². The van der Waals surface area contributed by atoms with Crippen LogP contribution in [0, 0.1) is 25.5 Å². The Morgan fingerprint density at radius 2 is 1.67 bits per heavy atom. The number of amides is 1. The number of nitrogens with one attached hydrogen (secondary N) is 1. The minimum atomic E-state index is -0.359. The monoisotopic (exact) mass is 469 g/mol. The van der Waals surface area contributed by atoms with E-state index in [1.165, 1.54) is 28.9 Å². The molecule has 0 aliphatic carbocycles. The highest BCUT2D eigenvalue weighted by Gasteiger charge is 2.23. The van der Waals surface area contributed by atoms with Crippen molar-refractivity contribution in [1.29, 1.82) is 0 Å². The number of rotatable bonds is 6. The third kappa shape index (κ3) is 4.66. The summed E-state index contributed by atoms with van der Waals surface area (Å²) in [6, 6.07) is 11.7. The highest BCUT2D eigenvalue weighted by atomic mass is 35.5. The fourth-order valence-corrected chi connectivity index (χ4v) is 4.04. The molecule has 170 valence electrons. The fraction of sp³-hybridized carbons (Fsp3) is 0.208. The zero-order chi connectivity index (χ0) is 23.7. The minimum absolute atomic E-state index is 0.209. The van der Waals surface area contributed by atoms with Gasteiger partial charge in [-0.2, -0.15) is 10.2 Å². The molecule has 0 aliphatic rings. The van der Waals surface area contributed by atoms with E-state index < -0.39 is 0 Å². The lowest BCUT2D eigenvalue weighted by Crippen LogP contribution is -2.27. The van der Waals surface area contributed by atoms with Crippen LogP contribution < -0.4 is 5.32 Å². The summed E-state index contributed by atoms with van der Waals surface area (Å²) in [5.41, 5.74) is 3.95. The van der Waals surface area contributed by atoms with Crippen molar-refractivity contribution in [3.63, 3.8) is 0 Å². The van der Waals surface area contributed by atoms with E-state index in [-0.39, 0.29) is 34.3 Å². The molecule has 0 saturated heterocycles. The zero-order valence-corrected chi connectivity index (χ0v) is 19.1. The number of carbonyl (C=O) groups is 1. The van der Waals surface area contributed by atoms with Crippen LogP contribution in [-0.4, -0.2) is 25.5 Å². The van der Waals surface area contributed by atoms with Crippen LogP contribution in [0.2, 0.25) is 5.15 Å². The zero-order valence-electron chi connectivity index (χ0n) is 18.3. The molecular formula is C24H22ClF2N5O. The van der Waals surface area contributed by atoms with Crippen molar-refractivity contribution in [2.24, 2.45) is 0 Å². The molecule has 6 nitrogen and oxygen atoms in total. The van der Waals surface area contributed by atoms with Gasteiger partial charge >= 0.3 is 0 Å². The van der Waals surface area contributed by atoms with Gasteiger partial charge in [0.2, 0.25) is 0 Å². The van der Waals surface area contributed by atoms with Gasteiger partial charge in [-0.1, -0.05) is 23.7 Å². The van der Waals surface area contributed by atoms with E-state index in [2.05, 4.69) is 15.5 Å². The standard InChI is InChI=1S/C24H22ClF2N5O/c1-14(21-12-28-32(16(21)3)20-10-8-19(27)9-11-20)29-24(33)22-15(2)30-31(23(22)25)13-17-4-6-18(26)7-5-17/h4-12,14H,13H2,1-3H3,(H,29,33). The summed E-state index contributed by atoms with van der Waals surface area (Å²) in [4.78, 5) is 13.0. The summed E-state index contributed by atoms with van der Waals surface area (Å²) in [6.07, 6.45) is 1.68. The molecule has 1 atom stereocenters. The number of aryl methyl sites for hydroxylation is 1. The van der Waals surface area contributed by atoms with Gasteiger partial charge in [0, 0.05) is 11.3 Å². The molecule has 1 amide bonds. The maximum absolute atomic E-state index is 13.2. The smallest absolute Gasteiger partial charge is 0.256 e. The summed E-state index contributed by atoms with van der Waals surface area (Å²) >= 11 is 6.48. The summed E-state index contributed by atoms with van der Waals surface area (Å²) in [6.45, 7) is 5.76. The van der Waals surface area contributed by atoms with E-state index in [1.807, 2.05) is 13.8 Å². The SMILES string of the molecule is Cc1nn(Cc2ccc(F)cc2)c(Cl)c1C(=O)NC(C)c1cnn(-c2ccc(F)cc2)c1C. The van der Waals surface area contributed by atoms with Crippen LogP contribution in [0.15, 0.2) is 54.7 Å². The van der Waals surface area contributed by atoms with Gasteiger partial charge in [-0.3, -0.25) is 4.79 Å². The topological polar surface area (TPSA) is 64.7 Å². The van der Waals surface area contributed by atoms with Crippen molar-refractivity contribution < 1.29 is 13.6 Å². The average molecular weight is 470 g/mol. The van der Waals surface area contributed by atoms with E-state index >= 15 is 0 Å². The van der Waals surface area contributed by atoms with Gasteiger partial charge in [-0.05, 0) is 62.7 Å². The number of nitrogens with zero attached hydrogens (tertiary/aromatic N) is 4. The lowest BCUT2D eigenvalue weighted by Gasteiger charge is -2.14. The van der Waals surface area contributed by atoms with Crippen molar-refractivity contribution in [2.45, 2.75) is 33.4 Å². The molecule has 0 bridgehead atoms. The third-order valence-electron chi connectivity index (χ3n) is 5.47. The Labute approximate surface area is 194 Å². The predicted molar refractivity (Wildman–Crippen MR) is 122 cm³/mol. The largest absolute Gasteiger partial charge is 0.345 e. The van der Waals surface area contributed by atoms with Crippen LogP contribution in [0.1, 0.15) is 45.8 Å². The lowest BCUT2D eigenvalue weighted by molar-refractivity contribution is 0.0939. The summed E-state index contributed by atoms with van der Waals surface area (Å²) in [5, 5.41) is 11.9. The average Bonchev–Trinajstić information content (AvgIpc) is 3.29. The summed E-state index contributed by atoms with van der Waals surface area (Å²) in [5.74, 6) is -1.01. The van der Waals surface area contributed by atoms with Crippen molar-refractivity contribution in [2.75, 3.05) is 0 Å². The van der Waals surface area contributed by atoms with E-state index in [0.29, 0.717) is 12.2 Å². The minimum Gasteiger partial charge on any atom is -0.345 e. The number of hydrogen-bond donors (Lipinski definition) is 1. The Morgan fingerprint density at radius 3 is 2.30 bits per heavy atom. The first-order valence-corrected chi connectivity index (χ1v) is 10.7. The first-order valence-electron chi connectivity index (χ1n) is 10.3. The van der Waals surface area contributed by atoms with Crippen LogP contribution >= 0.6 is 11.6 Å². The van der Waals surface area contributed by atoms with Crippen molar-refractivity contribution in [1.82, 2.24) is 24.9 Å². The van der Waals surface area contributed by atoms with Crippen LogP contribution in [0.3, 0.4) is 0 Å². The first-order chi connectivity index (χ1) is 15.7. The van der Waals surface area contributed by atoms with Gasteiger partial charge in [0.05, 0.1) is 35.7 Å². The second-order valence-electron chi connectivity index (χ2n) is 7.80. The van der Waals surface area contributed by atoms with Crippen LogP contribution in [0.5, 0.6) is 0 Å². The molecule has 33 heavy (non-hydrogen) atoms. The van der Waals surface area contributed by atoms with Crippen LogP contribution in [0.25, 0.3) is 5.69 Å². The Kier molecular flexibility index (Phi) is 6.29. The molecule has 4 aromatic rings. The molecule has 0 saturated carbocycles. The molecule has 0 spiro atoms. The second-order valence-corrected chi connectivity index (χ2v) is 8.16. The highest BCUT2D eigenvalue weighted by Crippen LogP contribution is 2.24. The molecule has 9 heteroatoms. The number of benzene rings is 2. The van der Waals surface area contributed by atoms with E-state index in [9.17, 15) is 13.6 Å². The Balaban J connectivity index is 1.52. The highest BCUT2D eigenvalue weighted by molar-refractivity contribution is 6.33. The third-order valence-corrected chi connectivity index (χ3v) is 5.86. The molecule has 1 unspecified atom stereocenters. The van der Waals surface area contributed by atoms with Crippen molar-refractivity contribution >= 4 is 17.5 Å². The maximum atomic E-state index is 13.2. The summed E-state index contributed by atoms with van der Waals surface area (Å²) < 4.78 is 29.6. The first kappa shape index (κ1) is 22.7. The molecule has 4 rings (SSSR count). The fourth-order valence-electron chi connectivity index (χ4n) is 3.72. The van der Waals surface area contributed by atoms with Gasteiger partial charge < -0.3 is 5.32 Å². The molecule has 2 aromatic carbocycles. The van der Waals surface area contributed by atoms with Gasteiger partial charge in [0.1, 0.15) is 16.8 Å². The van der Waals surface area contributed by atoms with Crippen molar-refractivity contribution in [3.05, 3.63) is 99.6 Å². The second kappa shape index (κ2) is 9.15. The summed E-state index contributed by atoms with van der Waals surface area (Å²) in [7, 11) is 0. The quantitative estimate of drug-likeness (QED) is 0.424. The van der Waals surface area contributed by atoms with E-state index in [0.717, 1.165) is 22.5 Å². The Bertz CT molecular complexity index is 1300. The van der Waals surface area contributed by atoms with Crippen molar-refractivity contribution in [3.8, 4) is 5.69 Å². The molecular weight excluding hydrogens is 448 g/mol. The predicted octanol–water partition coefficient (Wildman–Crippen LogP) is 5.16. The normalized spacial score (nSPS) is 12.1. The number of carbonyl (C=O) groups excluding carboxylic acids is 1. The van der Waals surface area contributed by atoms with E-state index in [4.69, 9.17) is 11.6 Å². The lowest BCUT2D eigenvalue weighted by atomic mass is 10.1. The van der Waals surface area contributed by atoms with Crippen LogP contribution in [-0.2, 0) is 6.54 Å². The van der Waals surface area contributed by atoms with Gasteiger partial charge in [-0.25, -0.2) is 18.1 Å². The van der Waals surface area contributed by atoms with E-state index in [1.54, 1.807) is 42.1 Å². The van der Waals surface area contributed by atoms with Gasteiger partial charge in [-0.15, -0.1) is 0 Å². The number of halogens is 3. The maximum Gasteiger partial charge on any atom is 0.256 e. The molecule has 0 fully saturated rings. The number of hydrogen-bond acceptors (Lipinski definition) is 3. The molecule has 0 aliphatic heterocycles. The Morgan fingerprint density at radius 1 is 1.06 bits per heavy atom. The molecule has 1 N–H and O–H groups in total. The van der Waals surface area contributed by atoms with Gasteiger partial charge in [0.25, 0.3) is 5.91 Å². The molecule has 0 radical (unpaired) electrons. The molecule has 2 aromatic heterocycles. The molecule has 2 heterocycles. The van der Waals surface area contributed by atoms with Crippen LogP contribution in [0.4, 0.5) is 8.78 Å². The number of aromatic nitrogens is 4. The Hall–Kier alpha value is -3.52.